The third-order valence-corrected chi connectivity index (χ3v) is 7.15. The minimum Gasteiger partial charge on any atom is -0.493 e. The van der Waals surface area contributed by atoms with Gasteiger partial charge < -0.3 is 18.6 Å². The molecular formula is C29H29ClNO5+. The van der Waals surface area contributed by atoms with Gasteiger partial charge in [-0.2, -0.15) is 0 Å². The number of nitrogens with one attached hydrogen (secondary N) is 1. The number of methoxy groups -OCH3 is 2. The van der Waals surface area contributed by atoms with Gasteiger partial charge in [0.15, 0.2) is 22.8 Å². The molecule has 1 aliphatic rings. The van der Waals surface area contributed by atoms with Gasteiger partial charge in [0.2, 0.25) is 6.73 Å². The van der Waals surface area contributed by atoms with E-state index in [0.717, 1.165) is 40.6 Å². The fourth-order valence-corrected chi connectivity index (χ4v) is 5.12. The monoisotopic (exact) mass is 506 g/mol. The first-order chi connectivity index (χ1) is 17.5. The Morgan fingerprint density at radius 1 is 1.00 bits per heavy atom. The molecule has 0 saturated carbocycles. The second kappa shape index (κ2) is 10.2. The molecule has 0 bridgehead atoms. The molecule has 0 saturated heterocycles. The maximum atomic E-state index is 13.1. The van der Waals surface area contributed by atoms with Crippen LogP contribution in [0.1, 0.15) is 27.8 Å². The number of aryl methyl sites for hydroxylation is 1. The maximum Gasteiger partial charge on any atom is 0.340 e. The Kier molecular flexibility index (Phi) is 6.90. The number of benzene rings is 3. The molecule has 6 nitrogen and oxygen atoms in total. The van der Waals surface area contributed by atoms with E-state index in [2.05, 4.69) is 0 Å². The standard InChI is InChI=1S/C29H28ClNO5/c1-18-21-15-24(30)28-23(27(21)36-29(32)22(18)13-19-7-5-4-6-8-19)16-31(17-35-28)12-11-20-9-10-25(33-2)26(14-20)34-3/h4-10,14-15H,11-13,16-17H2,1-3H3/p+1. The average molecular weight is 507 g/mol. The fraction of sp³-hybridized carbons (Fsp3) is 0.276. The molecule has 1 aromatic heterocycles. The van der Waals surface area contributed by atoms with Crippen molar-refractivity contribution >= 4 is 22.6 Å². The summed E-state index contributed by atoms with van der Waals surface area (Å²) in [4.78, 5) is 14.3. The summed E-state index contributed by atoms with van der Waals surface area (Å²) in [6, 6.07) is 17.7. The van der Waals surface area contributed by atoms with E-state index < -0.39 is 0 Å². The molecule has 36 heavy (non-hydrogen) atoms. The Morgan fingerprint density at radius 2 is 1.78 bits per heavy atom. The third-order valence-electron chi connectivity index (χ3n) is 6.86. The van der Waals surface area contributed by atoms with E-state index in [4.69, 9.17) is 30.2 Å². The highest BCUT2D eigenvalue weighted by Gasteiger charge is 2.28. The summed E-state index contributed by atoms with van der Waals surface area (Å²) in [5.41, 5.74) is 4.85. The second-order valence-electron chi connectivity index (χ2n) is 9.10. The van der Waals surface area contributed by atoms with Crippen molar-refractivity contribution in [2.75, 3.05) is 27.5 Å². The predicted molar refractivity (Wildman–Crippen MR) is 140 cm³/mol. The number of rotatable bonds is 7. The van der Waals surface area contributed by atoms with E-state index in [9.17, 15) is 4.79 Å². The highest BCUT2D eigenvalue weighted by molar-refractivity contribution is 6.33. The van der Waals surface area contributed by atoms with Gasteiger partial charge in [-0.05, 0) is 41.8 Å². The summed E-state index contributed by atoms with van der Waals surface area (Å²) in [6.45, 7) is 3.94. The minimum atomic E-state index is -0.314. The largest absolute Gasteiger partial charge is 0.493 e. The first-order valence-electron chi connectivity index (χ1n) is 12.0. The lowest BCUT2D eigenvalue weighted by Crippen LogP contribution is -3.12. The van der Waals surface area contributed by atoms with Crippen LogP contribution in [0.5, 0.6) is 17.2 Å². The Bertz CT molecular complexity index is 1460. The van der Waals surface area contributed by atoms with Crippen LogP contribution in [0.15, 0.2) is 63.8 Å². The molecule has 0 aliphatic carbocycles. The molecule has 5 rings (SSSR count). The van der Waals surface area contributed by atoms with E-state index in [1.165, 1.54) is 4.90 Å². The minimum absolute atomic E-state index is 0.314. The zero-order valence-corrected chi connectivity index (χ0v) is 21.4. The normalized spacial score (nSPS) is 14.8. The Balaban J connectivity index is 1.43. The summed E-state index contributed by atoms with van der Waals surface area (Å²) >= 11 is 6.65. The summed E-state index contributed by atoms with van der Waals surface area (Å²) in [7, 11) is 3.27. The lowest BCUT2D eigenvalue weighted by molar-refractivity contribution is -0.932. The molecule has 1 N–H and O–H groups in total. The number of hydrogen-bond donors (Lipinski definition) is 1. The molecule has 1 atom stereocenters. The van der Waals surface area contributed by atoms with Gasteiger partial charge in [-0.15, -0.1) is 0 Å². The average Bonchev–Trinajstić information content (AvgIpc) is 2.91. The summed E-state index contributed by atoms with van der Waals surface area (Å²) in [6.07, 6.45) is 1.34. The molecular weight excluding hydrogens is 478 g/mol. The van der Waals surface area contributed by atoms with Gasteiger partial charge in [-0.25, -0.2) is 4.79 Å². The molecule has 0 fully saturated rings. The molecule has 3 aromatic carbocycles. The van der Waals surface area contributed by atoms with E-state index >= 15 is 0 Å². The summed E-state index contributed by atoms with van der Waals surface area (Å²) in [5, 5.41) is 1.40. The molecule has 2 heterocycles. The van der Waals surface area contributed by atoms with Gasteiger partial charge in [0.25, 0.3) is 0 Å². The molecule has 186 valence electrons. The second-order valence-corrected chi connectivity index (χ2v) is 9.51. The summed E-state index contributed by atoms with van der Waals surface area (Å²) in [5.74, 6) is 2.03. The topological polar surface area (TPSA) is 62.3 Å². The number of halogens is 1. The fourth-order valence-electron chi connectivity index (χ4n) is 4.85. The van der Waals surface area contributed by atoms with Crippen molar-refractivity contribution in [1.82, 2.24) is 0 Å². The lowest BCUT2D eigenvalue weighted by Gasteiger charge is -2.27. The van der Waals surface area contributed by atoms with Crippen LogP contribution in [0.2, 0.25) is 5.02 Å². The highest BCUT2D eigenvalue weighted by Crippen LogP contribution is 2.37. The van der Waals surface area contributed by atoms with Crippen molar-refractivity contribution < 1.29 is 23.5 Å². The molecule has 0 spiro atoms. The van der Waals surface area contributed by atoms with E-state index in [1.54, 1.807) is 14.2 Å². The van der Waals surface area contributed by atoms with Crippen LogP contribution in [0.3, 0.4) is 0 Å². The number of quaternary nitrogens is 1. The quantitative estimate of drug-likeness (QED) is 0.378. The van der Waals surface area contributed by atoms with Crippen molar-refractivity contribution in [2.24, 2.45) is 0 Å². The van der Waals surface area contributed by atoms with Crippen LogP contribution in [0.25, 0.3) is 11.0 Å². The van der Waals surface area contributed by atoms with Crippen LogP contribution in [0, 0.1) is 6.92 Å². The van der Waals surface area contributed by atoms with Crippen molar-refractivity contribution in [2.45, 2.75) is 26.3 Å². The summed E-state index contributed by atoms with van der Waals surface area (Å²) < 4.78 is 22.8. The van der Waals surface area contributed by atoms with Crippen LogP contribution in [0.4, 0.5) is 0 Å². The first-order valence-corrected chi connectivity index (χ1v) is 12.3. The molecule has 7 heteroatoms. The number of fused-ring (bicyclic) bond motifs is 3. The van der Waals surface area contributed by atoms with Crippen LogP contribution in [-0.2, 0) is 19.4 Å². The van der Waals surface area contributed by atoms with Gasteiger partial charge in [0.1, 0.15) is 6.54 Å². The predicted octanol–water partition coefficient (Wildman–Crippen LogP) is 4.34. The number of hydrogen-bond acceptors (Lipinski definition) is 5. The molecule has 4 aromatic rings. The Labute approximate surface area is 215 Å². The van der Waals surface area contributed by atoms with Crippen molar-refractivity contribution in [3.05, 3.63) is 97.9 Å². The van der Waals surface area contributed by atoms with Crippen molar-refractivity contribution in [3.63, 3.8) is 0 Å². The maximum absolute atomic E-state index is 13.1. The first kappa shape index (κ1) is 24.2. The number of ether oxygens (including phenoxy) is 3. The van der Waals surface area contributed by atoms with E-state index in [0.29, 0.717) is 53.1 Å². The smallest absolute Gasteiger partial charge is 0.340 e. The molecule has 1 aliphatic heterocycles. The Hall–Kier alpha value is -3.48. The Morgan fingerprint density at radius 3 is 2.53 bits per heavy atom. The highest BCUT2D eigenvalue weighted by atomic mass is 35.5. The SMILES string of the molecule is COc1ccc(CC[NH+]2COc3c(Cl)cc4c(C)c(Cc5ccccc5)c(=O)oc4c3C2)cc1OC. The zero-order valence-electron chi connectivity index (χ0n) is 20.7. The van der Waals surface area contributed by atoms with Crippen molar-refractivity contribution in [1.29, 1.82) is 0 Å². The molecule has 0 radical (unpaired) electrons. The van der Waals surface area contributed by atoms with Gasteiger partial charge in [-0.3, -0.25) is 4.90 Å². The molecule has 1 unspecified atom stereocenters. The van der Waals surface area contributed by atoms with Crippen LogP contribution < -0.4 is 24.7 Å². The van der Waals surface area contributed by atoms with Gasteiger partial charge in [0.05, 0.1) is 31.4 Å². The van der Waals surface area contributed by atoms with E-state index in [1.807, 2.05) is 61.5 Å². The third kappa shape index (κ3) is 4.66. The van der Waals surface area contributed by atoms with Crippen molar-refractivity contribution in [3.8, 4) is 17.2 Å². The van der Waals surface area contributed by atoms with Gasteiger partial charge >= 0.3 is 5.63 Å². The lowest BCUT2D eigenvalue weighted by atomic mass is 9.97. The zero-order chi connectivity index (χ0) is 25.2. The van der Waals surface area contributed by atoms with E-state index in [-0.39, 0.29) is 5.63 Å². The van der Waals surface area contributed by atoms with Gasteiger partial charge in [-0.1, -0.05) is 48.0 Å². The van der Waals surface area contributed by atoms with Crippen LogP contribution in [-0.4, -0.2) is 27.5 Å². The van der Waals surface area contributed by atoms with Gasteiger partial charge in [0, 0.05) is 23.8 Å². The van der Waals surface area contributed by atoms with Crippen LogP contribution >= 0.6 is 11.6 Å². The molecule has 0 amide bonds.